The van der Waals surface area contributed by atoms with Crippen LogP contribution in [-0.4, -0.2) is 80.6 Å². The molecule has 5 aliphatic heterocycles. The second-order valence-electron chi connectivity index (χ2n) is 11.7. The van der Waals surface area contributed by atoms with Gasteiger partial charge in [-0.15, -0.1) is 0 Å². The summed E-state index contributed by atoms with van der Waals surface area (Å²) in [6.07, 6.45) is 5.44. The predicted molar refractivity (Wildman–Crippen MR) is 154 cm³/mol. The molecule has 2 aromatic heterocycles. The molecule has 0 amide bonds. The Labute approximate surface area is 242 Å². The highest BCUT2D eigenvalue weighted by Crippen LogP contribution is 2.41. The fraction of sp³-hybridized carbons (Fsp3) is 0.519. The van der Waals surface area contributed by atoms with Crippen LogP contribution in [0.1, 0.15) is 43.4 Å². The maximum absolute atomic E-state index is 14.5. The van der Waals surface area contributed by atoms with Gasteiger partial charge in [-0.05, 0) is 50.4 Å². The summed E-state index contributed by atoms with van der Waals surface area (Å²) in [5.41, 5.74) is 7.52. The lowest BCUT2D eigenvalue weighted by atomic mass is 9.95. The van der Waals surface area contributed by atoms with Crippen LogP contribution in [0.3, 0.4) is 0 Å². The van der Waals surface area contributed by atoms with Gasteiger partial charge < -0.3 is 25.4 Å². The lowest BCUT2D eigenvalue weighted by molar-refractivity contribution is 0.107. The van der Waals surface area contributed by atoms with E-state index >= 15 is 0 Å². The van der Waals surface area contributed by atoms with E-state index in [0.29, 0.717) is 69.5 Å². The molecule has 4 N–H and O–H groups in total. The van der Waals surface area contributed by atoms with Crippen LogP contribution in [-0.2, 0) is 11.0 Å². The van der Waals surface area contributed by atoms with Crippen molar-refractivity contribution in [2.24, 2.45) is 0 Å². The molecule has 7 heterocycles. The average Bonchev–Trinajstić information content (AvgIpc) is 3.69. The lowest BCUT2D eigenvalue weighted by Gasteiger charge is -2.35. The first-order valence-corrected chi connectivity index (χ1v) is 16.0. The SMILES string of the molecule is Nc1nc2c(C3=Cc4nc(OC[C@@]56CCCN5CC(F)C6)nc(N5CC6CCC(C5)N6)c4S(=O)N3)ccc(F)c2s1. The van der Waals surface area contributed by atoms with E-state index in [2.05, 4.69) is 24.8 Å². The Morgan fingerprint density at radius 3 is 2.85 bits per heavy atom. The number of benzene rings is 1. The highest BCUT2D eigenvalue weighted by atomic mass is 32.2. The first-order valence-electron chi connectivity index (χ1n) is 14.1. The van der Waals surface area contributed by atoms with Crippen LogP contribution >= 0.6 is 11.3 Å². The number of fused-ring (bicyclic) bond motifs is 5. The molecule has 10 nitrogen and oxygen atoms in total. The number of thiazole rings is 1. The molecular weight excluding hydrogens is 570 g/mol. The van der Waals surface area contributed by atoms with E-state index in [9.17, 15) is 13.0 Å². The third kappa shape index (κ3) is 4.29. The van der Waals surface area contributed by atoms with Crippen molar-refractivity contribution in [3.8, 4) is 6.01 Å². The van der Waals surface area contributed by atoms with E-state index in [1.807, 2.05) is 0 Å². The molecule has 4 fully saturated rings. The van der Waals surface area contributed by atoms with Crippen molar-refractivity contribution in [3.05, 3.63) is 29.2 Å². The smallest absolute Gasteiger partial charge is 0.319 e. The summed E-state index contributed by atoms with van der Waals surface area (Å²) >= 11 is 1.07. The minimum Gasteiger partial charge on any atom is -0.461 e. The number of alkyl halides is 1. The number of nitrogens with zero attached hydrogens (tertiary/aromatic N) is 5. The molecule has 0 spiro atoms. The molecule has 8 rings (SSSR count). The number of halogens is 2. The highest BCUT2D eigenvalue weighted by Gasteiger charge is 2.49. The van der Waals surface area contributed by atoms with Crippen molar-refractivity contribution in [1.82, 2.24) is 29.9 Å². The molecule has 0 aliphatic carbocycles. The Kier molecular flexibility index (Phi) is 5.99. The van der Waals surface area contributed by atoms with Gasteiger partial charge in [-0.3, -0.25) is 4.90 Å². The van der Waals surface area contributed by atoms with Gasteiger partial charge in [-0.1, -0.05) is 11.3 Å². The molecule has 14 heteroatoms. The molecule has 1 aromatic carbocycles. The van der Waals surface area contributed by atoms with Crippen molar-refractivity contribution in [1.29, 1.82) is 0 Å². The van der Waals surface area contributed by atoms with Crippen LogP contribution in [0.5, 0.6) is 6.01 Å². The molecule has 0 radical (unpaired) electrons. The van der Waals surface area contributed by atoms with Crippen molar-refractivity contribution < 1.29 is 17.7 Å². The second kappa shape index (κ2) is 9.54. The number of nitrogens with two attached hydrogens (primary N) is 1. The fourth-order valence-corrected chi connectivity index (χ4v) is 9.14. The Morgan fingerprint density at radius 1 is 1.20 bits per heavy atom. The molecule has 216 valence electrons. The standard InChI is InChI=1S/C27H30F2N8O2S2/c28-14-9-27(6-1-7-37(27)10-14)13-39-26-32-20-8-19(17-4-5-18(29)22-21(17)33-25(30)40-22)35-41(38)23(20)24(34-26)36-11-15-2-3-16(12-36)31-15/h4-5,8,14-16,31,35H,1-3,6-7,9-13H2,(H2,30,33)/t14?,15?,16?,27-,41?/m0/s1. The van der Waals surface area contributed by atoms with E-state index in [1.54, 1.807) is 12.1 Å². The molecule has 4 unspecified atom stereocenters. The molecule has 5 atom stereocenters. The number of piperazine rings is 1. The second-order valence-corrected chi connectivity index (χ2v) is 13.9. The highest BCUT2D eigenvalue weighted by molar-refractivity contribution is 7.83. The van der Waals surface area contributed by atoms with E-state index in [4.69, 9.17) is 20.4 Å². The lowest BCUT2D eigenvalue weighted by Crippen LogP contribution is -2.52. The Bertz CT molecular complexity index is 1610. The quantitative estimate of drug-likeness (QED) is 0.406. The average molecular weight is 601 g/mol. The number of aromatic nitrogens is 3. The summed E-state index contributed by atoms with van der Waals surface area (Å²) in [6.45, 7) is 3.09. The molecule has 0 saturated carbocycles. The number of rotatable bonds is 5. The van der Waals surface area contributed by atoms with Gasteiger partial charge in [0.2, 0.25) is 0 Å². The minimum atomic E-state index is -1.70. The molecule has 5 aliphatic rings. The van der Waals surface area contributed by atoms with E-state index in [1.165, 1.54) is 6.07 Å². The summed E-state index contributed by atoms with van der Waals surface area (Å²) in [4.78, 5) is 18.8. The van der Waals surface area contributed by atoms with Gasteiger partial charge in [0.05, 0.1) is 27.1 Å². The summed E-state index contributed by atoms with van der Waals surface area (Å²) in [5, 5.41) is 3.88. The number of nitrogen functional groups attached to an aromatic ring is 1. The number of hydrogen-bond donors (Lipinski definition) is 3. The van der Waals surface area contributed by atoms with Crippen LogP contribution in [0.15, 0.2) is 17.0 Å². The third-order valence-corrected chi connectivity index (χ3v) is 11.1. The number of nitrogens with one attached hydrogen (secondary N) is 2. The summed E-state index contributed by atoms with van der Waals surface area (Å²) < 4.78 is 52.4. The van der Waals surface area contributed by atoms with Crippen LogP contribution < -0.4 is 25.4 Å². The fourth-order valence-electron chi connectivity index (χ4n) is 7.27. The Balaban J connectivity index is 1.21. The first-order chi connectivity index (χ1) is 19.8. The number of hydrogen-bond acceptors (Lipinski definition) is 10. The van der Waals surface area contributed by atoms with E-state index in [0.717, 1.165) is 56.7 Å². The van der Waals surface area contributed by atoms with Gasteiger partial charge in [0.15, 0.2) is 21.9 Å². The predicted octanol–water partition coefficient (Wildman–Crippen LogP) is 2.83. The summed E-state index contributed by atoms with van der Waals surface area (Å²) in [5.74, 6) is 0.175. The van der Waals surface area contributed by atoms with Gasteiger partial charge in [0, 0.05) is 43.7 Å². The monoisotopic (exact) mass is 600 g/mol. The van der Waals surface area contributed by atoms with Crippen LogP contribution in [0, 0.1) is 5.82 Å². The topological polar surface area (TPSA) is 122 Å². The van der Waals surface area contributed by atoms with Crippen molar-refractivity contribution in [2.45, 2.75) is 60.8 Å². The van der Waals surface area contributed by atoms with Crippen molar-refractivity contribution in [3.63, 3.8) is 0 Å². The third-order valence-electron chi connectivity index (χ3n) is 9.07. The molecule has 41 heavy (non-hydrogen) atoms. The van der Waals surface area contributed by atoms with Crippen LogP contribution in [0.4, 0.5) is 19.7 Å². The zero-order valence-electron chi connectivity index (χ0n) is 22.2. The molecule has 2 bridgehead atoms. The zero-order chi connectivity index (χ0) is 27.9. The van der Waals surface area contributed by atoms with Gasteiger partial charge in [0.25, 0.3) is 0 Å². The van der Waals surface area contributed by atoms with Crippen molar-refractivity contribution in [2.75, 3.05) is 43.4 Å². The minimum absolute atomic E-state index is 0.185. The number of anilines is 2. The normalized spacial score (nSPS) is 30.8. The Morgan fingerprint density at radius 2 is 2.02 bits per heavy atom. The van der Waals surface area contributed by atoms with Gasteiger partial charge in [-0.2, -0.15) is 9.97 Å². The summed E-state index contributed by atoms with van der Waals surface area (Å²) in [6, 6.07) is 3.83. The molecule has 4 saturated heterocycles. The van der Waals surface area contributed by atoms with Gasteiger partial charge >= 0.3 is 6.01 Å². The van der Waals surface area contributed by atoms with E-state index < -0.39 is 23.0 Å². The van der Waals surface area contributed by atoms with Crippen molar-refractivity contribution >= 4 is 55.3 Å². The maximum atomic E-state index is 14.5. The van der Waals surface area contributed by atoms with Gasteiger partial charge in [-0.25, -0.2) is 18.0 Å². The number of ether oxygens (including phenoxy) is 1. The van der Waals surface area contributed by atoms with Gasteiger partial charge in [0.1, 0.15) is 23.5 Å². The van der Waals surface area contributed by atoms with E-state index in [-0.39, 0.29) is 16.7 Å². The maximum Gasteiger partial charge on any atom is 0.319 e. The zero-order valence-corrected chi connectivity index (χ0v) is 23.9. The first kappa shape index (κ1) is 25.7. The molecular formula is C27H30F2N8O2S2. The Hall–Kier alpha value is -2.94. The van der Waals surface area contributed by atoms with Crippen LogP contribution in [0.25, 0.3) is 22.0 Å². The largest absolute Gasteiger partial charge is 0.461 e. The van der Waals surface area contributed by atoms with Crippen LogP contribution in [0.2, 0.25) is 0 Å². The molecule has 3 aromatic rings. The summed E-state index contributed by atoms with van der Waals surface area (Å²) in [7, 11) is -1.70.